The van der Waals surface area contributed by atoms with Crippen LogP contribution < -0.4 is 10.2 Å². The molecule has 0 aliphatic carbocycles. The van der Waals surface area contributed by atoms with Crippen LogP contribution in [0.4, 0.5) is 15.9 Å². The van der Waals surface area contributed by atoms with Crippen LogP contribution >= 0.6 is 0 Å². The zero-order valence-electron chi connectivity index (χ0n) is 13.6. The second kappa shape index (κ2) is 8.27. The molecule has 1 amide bonds. The molecule has 23 heavy (non-hydrogen) atoms. The lowest BCUT2D eigenvalue weighted by atomic mass is 10.1. The van der Waals surface area contributed by atoms with E-state index in [-0.39, 0.29) is 18.1 Å². The standard InChI is InChI=1S/C18H22FN3O/c1-3-4-11-22(2)16-9-10-17(20-13-16)21-18(23)12-14-5-7-15(19)8-6-14/h5-10,13H,3-4,11-12H2,1-2H3,(H,20,21,23). The van der Waals surface area contributed by atoms with Crippen LogP contribution in [-0.2, 0) is 11.2 Å². The summed E-state index contributed by atoms with van der Waals surface area (Å²) in [6.07, 6.45) is 4.23. The molecule has 4 nitrogen and oxygen atoms in total. The molecule has 0 saturated carbocycles. The van der Waals surface area contributed by atoms with E-state index in [9.17, 15) is 9.18 Å². The van der Waals surface area contributed by atoms with Crippen molar-refractivity contribution >= 4 is 17.4 Å². The minimum absolute atomic E-state index is 0.170. The van der Waals surface area contributed by atoms with E-state index >= 15 is 0 Å². The molecule has 122 valence electrons. The Bertz CT molecular complexity index is 626. The van der Waals surface area contributed by atoms with Gasteiger partial charge < -0.3 is 10.2 Å². The van der Waals surface area contributed by atoms with Gasteiger partial charge in [-0.25, -0.2) is 9.37 Å². The number of hydrogen-bond acceptors (Lipinski definition) is 3. The smallest absolute Gasteiger partial charge is 0.229 e. The van der Waals surface area contributed by atoms with Gasteiger partial charge in [0.05, 0.1) is 18.3 Å². The molecule has 0 atom stereocenters. The Balaban J connectivity index is 1.89. The third-order valence-electron chi connectivity index (χ3n) is 3.58. The molecule has 1 N–H and O–H groups in total. The van der Waals surface area contributed by atoms with Crippen molar-refractivity contribution in [1.29, 1.82) is 0 Å². The summed E-state index contributed by atoms with van der Waals surface area (Å²) in [7, 11) is 2.03. The number of pyridine rings is 1. The van der Waals surface area contributed by atoms with Gasteiger partial charge in [-0.3, -0.25) is 4.79 Å². The predicted octanol–water partition coefficient (Wildman–Crippen LogP) is 3.64. The fourth-order valence-corrected chi connectivity index (χ4v) is 2.18. The zero-order valence-corrected chi connectivity index (χ0v) is 13.6. The molecule has 5 heteroatoms. The minimum Gasteiger partial charge on any atom is -0.373 e. The van der Waals surface area contributed by atoms with Crippen molar-refractivity contribution in [2.75, 3.05) is 23.8 Å². The van der Waals surface area contributed by atoms with Crippen LogP contribution in [0.15, 0.2) is 42.6 Å². The van der Waals surface area contributed by atoms with Crippen LogP contribution in [0.1, 0.15) is 25.3 Å². The lowest BCUT2D eigenvalue weighted by Gasteiger charge is -2.18. The molecule has 2 rings (SSSR count). The van der Waals surface area contributed by atoms with Gasteiger partial charge in [0.1, 0.15) is 11.6 Å². The number of nitrogens with zero attached hydrogens (tertiary/aromatic N) is 2. The van der Waals surface area contributed by atoms with E-state index < -0.39 is 0 Å². The lowest BCUT2D eigenvalue weighted by Crippen LogP contribution is -2.19. The van der Waals surface area contributed by atoms with E-state index in [0.29, 0.717) is 5.82 Å². The second-order valence-electron chi connectivity index (χ2n) is 5.53. The molecule has 1 aromatic heterocycles. The molecule has 1 aromatic carbocycles. The van der Waals surface area contributed by atoms with E-state index in [1.807, 2.05) is 13.1 Å². The van der Waals surface area contributed by atoms with Crippen LogP contribution in [0, 0.1) is 5.82 Å². The summed E-state index contributed by atoms with van der Waals surface area (Å²) in [5.41, 5.74) is 1.79. The number of halogens is 1. The molecule has 0 aliphatic heterocycles. The van der Waals surface area contributed by atoms with Crippen LogP contribution in [0.2, 0.25) is 0 Å². The predicted molar refractivity (Wildman–Crippen MR) is 91.1 cm³/mol. The summed E-state index contributed by atoms with van der Waals surface area (Å²) in [6, 6.07) is 9.64. The number of unbranched alkanes of at least 4 members (excludes halogenated alkanes) is 1. The quantitative estimate of drug-likeness (QED) is 0.848. The average Bonchev–Trinajstić information content (AvgIpc) is 2.55. The van der Waals surface area contributed by atoms with Crippen LogP contribution in [0.3, 0.4) is 0 Å². The summed E-state index contributed by atoms with van der Waals surface area (Å²) in [5.74, 6) is 0.0413. The van der Waals surface area contributed by atoms with Crippen LogP contribution in [0.5, 0.6) is 0 Å². The Morgan fingerprint density at radius 3 is 2.57 bits per heavy atom. The minimum atomic E-state index is -0.307. The molecule has 0 bridgehead atoms. The molecule has 2 aromatic rings. The van der Waals surface area contributed by atoms with Gasteiger partial charge in [0.15, 0.2) is 0 Å². The maximum atomic E-state index is 12.8. The summed E-state index contributed by atoms with van der Waals surface area (Å²) in [6.45, 7) is 3.14. The summed E-state index contributed by atoms with van der Waals surface area (Å²) >= 11 is 0. The van der Waals surface area contributed by atoms with E-state index in [1.54, 1.807) is 24.4 Å². The fraction of sp³-hybridized carbons (Fsp3) is 0.333. The molecule has 0 aliphatic rings. The third kappa shape index (κ3) is 5.36. The first-order valence-corrected chi connectivity index (χ1v) is 7.80. The normalized spacial score (nSPS) is 10.4. The number of aromatic nitrogens is 1. The molecule has 0 spiro atoms. The Hall–Kier alpha value is -2.43. The van der Waals surface area contributed by atoms with Crippen LogP contribution in [0.25, 0.3) is 0 Å². The summed E-state index contributed by atoms with van der Waals surface area (Å²) in [4.78, 5) is 18.4. The van der Waals surface area contributed by atoms with E-state index in [0.717, 1.165) is 30.6 Å². The Labute approximate surface area is 136 Å². The number of hydrogen-bond donors (Lipinski definition) is 1. The molecule has 0 saturated heterocycles. The Kier molecular flexibility index (Phi) is 6.09. The molecule has 0 unspecified atom stereocenters. The van der Waals surface area contributed by atoms with Gasteiger partial charge in [-0.2, -0.15) is 0 Å². The highest BCUT2D eigenvalue weighted by molar-refractivity contribution is 5.91. The number of benzene rings is 1. The first-order valence-electron chi connectivity index (χ1n) is 7.80. The largest absolute Gasteiger partial charge is 0.373 e. The third-order valence-corrected chi connectivity index (χ3v) is 3.58. The number of amides is 1. The monoisotopic (exact) mass is 315 g/mol. The molecular formula is C18H22FN3O. The average molecular weight is 315 g/mol. The van der Waals surface area contributed by atoms with Gasteiger partial charge in [0.2, 0.25) is 5.91 Å². The van der Waals surface area contributed by atoms with Crippen LogP contribution in [-0.4, -0.2) is 24.5 Å². The van der Waals surface area contributed by atoms with Gasteiger partial charge in [-0.05, 0) is 36.2 Å². The lowest BCUT2D eigenvalue weighted by molar-refractivity contribution is -0.115. The van der Waals surface area contributed by atoms with Gasteiger partial charge in [0.25, 0.3) is 0 Å². The maximum Gasteiger partial charge on any atom is 0.229 e. The summed E-state index contributed by atoms with van der Waals surface area (Å²) in [5, 5.41) is 2.75. The van der Waals surface area contributed by atoms with Crippen molar-refractivity contribution < 1.29 is 9.18 Å². The van der Waals surface area contributed by atoms with E-state index in [2.05, 4.69) is 22.1 Å². The Morgan fingerprint density at radius 2 is 1.96 bits per heavy atom. The first-order chi connectivity index (χ1) is 11.1. The van der Waals surface area contributed by atoms with Gasteiger partial charge >= 0.3 is 0 Å². The number of rotatable bonds is 7. The molecular weight excluding hydrogens is 293 g/mol. The van der Waals surface area contributed by atoms with E-state index in [1.165, 1.54) is 12.1 Å². The van der Waals surface area contributed by atoms with Gasteiger partial charge in [-0.1, -0.05) is 25.5 Å². The van der Waals surface area contributed by atoms with Crippen molar-refractivity contribution in [3.8, 4) is 0 Å². The molecule has 1 heterocycles. The highest BCUT2D eigenvalue weighted by Crippen LogP contribution is 2.14. The zero-order chi connectivity index (χ0) is 16.7. The highest BCUT2D eigenvalue weighted by atomic mass is 19.1. The van der Waals surface area contributed by atoms with Crippen molar-refractivity contribution in [2.24, 2.45) is 0 Å². The van der Waals surface area contributed by atoms with Crippen molar-refractivity contribution in [3.05, 3.63) is 54.0 Å². The van der Waals surface area contributed by atoms with Crippen molar-refractivity contribution in [3.63, 3.8) is 0 Å². The fourth-order valence-electron chi connectivity index (χ4n) is 2.18. The van der Waals surface area contributed by atoms with E-state index in [4.69, 9.17) is 0 Å². The number of nitrogens with one attached hydrogen (secondary N) is 1. The number of carbonyl (C=O) groups is 1. The SMILES string of the molecule is CCCCN(C)c1ccc(NC(=O)Cc2ccc(F)cc2)nc1. The Morgan fingerprint density at radius 1 is 1.22 bits per heavy atom. The first kappa shape index (κ1) is 16.9. The number of anilines is 2. The second-order valence-corrected chi connectivity index (χ2v) is 5.53. The maximum absolute atomic E-state index is 12.8. The molecule has 0 fully saturated rings. The summed E-state index contributed by atoms with van der Waals surface area (Å²) < 4.78 is 12.8. The molecule has 0 radical (unpaired) electrons. The highest BCUT2D eigenvalue weighted by Gasteiger charge is 2.06. The van der Waals surface area contributed by atoms with Crippen molar-refractivity contribution in [2.45, 2.75) is 26.2 Å². The van der Waals surface area contributed by atoms with Gasteiger partial charge in [0, 0.05) is 13.6 Å². The topological polar surface area (TPSA) is 45.2 Å². The number of carbonyl (C=O) groups excluding carboxylic acids is 1. The van der Waals surface area contributed by atoms with Crippen molar-refractivity contribution in [1.82, 2.24) is 4.98 Å². The van der Waals surface area contributed by atoms with Gasteiger partial charge in [-0.15, -0.1) is 0 Å².